The van der Waals surface area contributed by atoms with E-state index < -0.39 is 16.7 Å². The summed E-state index contributed by atoms with van der Waals surface area (Å²) in [5.74, 6) is -1.20. The highest BCUT2D eigenvalue weighted by Gasteiger charge is 2.40. The van der Waals surface area contributed by atoms with Gasteiger partial charge in [-0.05, 0) is 66.6 Å². The predicted octanol–water partition coefficient (Wildman–Crippen LogP) is 4.82. The Kier molecular flexibility index (Phi) is 5.65. The number of carbonyl (C=O) groups is 2. The van der Waals surface area contributed by atoms with Crippen molar-refractivity contribution in [2.24, 2.45) is 0 Å². The van der Waals surface area contributed by atoms with Gasteiger partial charge in [-0.1, -0.05) is 17.7 Å². The monoisotopic (exact) mass is 458 g/mol. The maximum atomic E-state index is 13.4. The van der Waals surface area contributed by atoms with Crippen molar-refractivity contribution < 1.29 is 14.5 Å². The second-order valence-electron chi connectivity index (χ2n) is 7.24. The molecule has 0 saturated heterocycles. The number of hydrogen-bond donors (Lipinski definition) is 1. The largest absolute Gasteiger partial charge is 0.350 e. The first-order valence-electron chi connectivity index (χ1n) is 9.71. The van der Waals surface area contributed by atoms with E-state index in [1.807, 2.05) is 13.0 Å². The first-order chi connectivity index (χ1) is 15.8. The number of benzene rings is 3. The summed E-state index contributed by atoms with van der Waals surface area (Å²) in [5, 5.41) is 23.5. The summed E-state index contributed by atoms with van der Waals surface area (Å²) in [6.07, 6.45) is 0. The van der Waals surface area contributed by atoms with E-state index in [0.717, 1.165) is 10.5 Å². The maximum absolute atomic E-state index is 13.4. The highest BCUT2D eigenvalue weighted by atomic mass is 35.5. The van der Waals surface area contributed by atoms with E-state index in [-0.39, 0.29) is 17.0 Å². The summed E-state index contributed by atoms with van der Waals surface area (Å²) in [4.78, 5) is 38.3. The number of hydrogen-bond acceptors (Lipinski definition) is 6. The number of nitriles is 1. The Morgan fingerprint density at radius 1 is 1.00 bits per heavy atom. The molecule has 2 amide bonds. The van der Waals surface area contributed by atoms with Crippen molar-refractivity contribution in [3.63, 3.8) is 0 Å². The van der Waals surface area contributed by atoms with Crippen molar-refractivity contribution in [3.8, 4) is 6.07 Å². The van der Waals surface area contributed by atoms with E-state index in [4.69, 9.17) is 16.9 Å². The fourth-order valence-corrected chi connectivity index (χ4v) is 3.62. The number of nitrogens with one attached hydrogen (secondary N) is 1. The first kappa shape index (κ1) is 21.7. The molecular formula is C24H15ClN4O4. The van der Waals surface area contributed by atoms with Crippen LogP contribution in [0.3, 0.4) is 0 Å². The summed E-state index contributed by atoms with van der Waals surface area (Å²) in [7, 11) is 0. The standard InChI is InChI=1S/C24H15ClN4O4/c1-14-2-7-17(25)12-20(14)27-22-21(16-5-10-19(11-6-16)29(32)33)23(30)28(24(22)31)18-8-3-15(13-26)4-9-18/h2-12,27H,1H3. The minimum Gasteiger partial charge on any atom is -0.350 e. The Balaban J connectivity index is 1.83. The molecule has 3 aromatic rings. The topological polar surface area (TPSA) is 116 Å². The lowest BCUT2D eigenvalue weighted by molar-refractivity contribution is -0.384. The minimum absolute atomic E-state index is 0.0172. The molecule has 0 aliphatic carbocycles. The smallest absolute Gasteiger partial charge is 0.282 e. The molecule has 0 bridgehead atoms. The molecule has 9 heteroatoms. The lowest BCUT2D eigenvalue weighted by Gasteiger charge is -2.16. The SMILES string of the molecule is Cc1ccc(Cl)cc1NC1=C(c2ccc([N+](=O)[O-])cc2)C(=O)N(c2ccc(C#N)cc2)C1=O. The number of carbonyl (C=O) groups excluding carboxylic acids is 2. The van der Waals surface area contributed by atoms with Crippen molar-refractivity contribution in [3.05, 3.63) is 104 Å². The molecule has 8 nitrogen and oxygen atoms in total. The Morgan fingerprint density at radius 2 is 1.67 bits per heavy atom. The van der Waals surface area contributed by atoms with Gasteiger partial charge in [-0.15, -0.1) is 0 Å². The van der Waals surface area contributed by atoms with Gasteiger partial charge in [-0.25, -0.2) is 4.90 Å². The molecule has 4 rings (SSSR count). The van der Waals surface area contributed by atoms with E-state index in [1.54, 1.807) is 18.2 Å². The Bertz CT molecular complexity index is 1370. The zero-order valence-corrected chi connectivity index (χ0v) is 18.0. The van der Waals surface area contributed by atoms with Gasteiger partial charge < -0.3 is 5.32 Å². The van der Waals surface area contributed by atoms with Crippen LogP contribution in [0.1, 0.15) is 16.7 Å². The number of imide groups is 1. The number of nitro benzene ring substituents is 1. The van der Waals surface area contributed by atoms with Gasteiger partial charge in [-0.2, -0.15) is 5.26 Å². The molecule has 1 heterocycles. The van der Waals surface area contributed by atoms with Crippen LogP contribution >= 0.6 is 11.6 Å². The highest BCUT2D eigenvalue weighted by Crippen LogP contribution is 2.35. The van der Waals surface area contributed by atoms with Crippen LogP contribution in [0.5, 0.6) is 0 Å². The van der Waals surface area contributed by atoms with Gasteiger partial charge in [0.25, 0.3) is 17.5 Å². The molecule has 1 aliphatic rings. The second-order valence-corrected chi connectivity index (χ2v) is 7.68. The Morgan fingerprint density at radius 3 is 2.27 bits per heavy atom. The first-order valence-corrected chi connectivity index (χ1v) is 10.1. The van der Waals surface area contributed by atoms with Crippen LogP contribution in [0.2, 0.25) is 5.02 Å². The van der Waals surface area contributed by atoms with E-state index in [9.17, 15) is 19.7 Å². The number of aryl methyl sites for hydroxylation is 1. The summed E-state index contributed by atoms with van der Waals surface area (Å²) < 4.78 is 0. The highest BCUT2D eigenvalue weighted by molar-refractivity contribution is 6.46. The number of non-ortho nitro benzene ring substituents is 1. The van der Waals surface area contributed by atoms with Crippen molar-refractivity contribution in [2.75, 3.05) is 10.2 Å². The van der Waals surface area contributed by atoms with Crippen molar-refractivity contribution in [1.82, 2.24) is 0 Å². The summed E-state index contributed by atoms with van der Waals surface area (Å²) in [6.45, 7) is 1.82. The lowest BCUT2D eigenvalue weighted by Crippen LogP contribution is -2.32. The molecule has 0 spiro atoms. The van der Waals surface area contributed by atoms with Crippen LogP contribution in [0.15, 0.2) is 72.4 Å². The Hall–Kier alpha value is -4.48. The average Bonchev–Trinajstić information content (AvgIpc) is 3.05. The van der Waals surface area contributed by atoms with Gasteiger partial charge in [0.15, 0.2) is 0 Å². The van der Waals surface area contributed by atoms with Crippen LogP contribution in [0.25, 0.3) is 5.57 Å². The molecule has 3 aromatic carbocycles. The molecule has 0 unspecified atom stereocenters. The number of nitrogens with zero attached hydrogens (tertiary/aromatic N) is 3. The van der Waals surface area contributed by atoms with Gasteiger partial charge in [-0.3, -0.25) is 19.7 Å². The molecule has 162 valence electrons. The summed E-state index contributed by atoms with van der Waals surface area (Å²) >= 11 is 6.11. The van der Waals surface area contributed by atoms with E-state index in [1.165, 1.54) is 48.5 Å². The summed E-state index contributed by atoms with van der Waals surface area (Å²) in [5.41, 5.74) is 2.31. The fraction of sp³-hybridized carbons (Fsp3) is 0.0417. The molecular weight excluding hydrogens is 444 g/mol. The molecule has 0 saturated carbocycles. The van der Waals surface area contributed by atoms with Crippen molar-refractivity contribution in [1.29, 1.82) is 5.26 Å². The molecule has 0 fully saturated rings. The third-order valence-electron chi connectivity index (χ3n) is 5.16. The van der Waals surface area contributed by atoms with Gasteiger partial charge in [0.05, 0.1) is 27.8 Å². The second kappa shape index (κ2) is 8.57. The number of nitro groups is 1. The zero-order chi connectivity index (χ0) is 23.7. The van der Waals surface area contributed by atoms with Gasteiger partial charge in [0.2, 0.25) is 0 Å². The summed E-state index contributed by atoms with van der Waals surface area (Å²) in [6, 6.07) is 18.5. The minimum atomic E-state index is -0.600. The van der Waals surface area contributed by atoms with Crippen molar-refractivity contribution >= 4 is 46.1 Å². The molecule has 0 aromatic heterocycles. The van der Waals surface area contributed by atoms with Gasteiger partial charge in [0.1, 0.15) is 5.70 Å². The number of halogens is 1. The maximum Gasteiger partial charge on any atom is 0.282 e. The lowest BCUT2D eigenvalue weighted by atomic mass is 10.0. The van der Waals surface area contributed by atoms with Crippen LogP contribution in [-0.2, 0) is 9.59 Å². The van der Waals surface area contributed by atoms with Crippen LogP contribution < -0.4 is 10.2 Å². The normalized spacial score (nSPS) is 13.3. The molecule has 1 aliphatic heterocycles. The average molecular weight is 459 g/mol. The van der Waals surface area contributed by atoms with E-state index >= 15 is 0 Å². The van der Waals surface area contributed by atoms with E-state index in [0.29, 0.717) is 27.5 Å². The third kappa shape index (κ3) is 4.05. The number of rotatable bonds is 5. The van der Waals surface area contributed by atoms with Crippen LogP contribution in [0.4, 0.5) is 17.1 Å². The van der Waals surface area contributed by atoms with E-state index in [2.05, 4.69) is 5.32 Å². The number of anilines is 2. The Labute approximate surface area is 193 Å². The molecule has 1 N–H and O–H groups in total. The zero-order valence-electron chi connectivity index (χ0n) is 17.2. The van der Waals surface area contributed by atoms with Gasteiger partial charge in [0, 0.05) is 22.8 Å². The third-order valence-corrected chi connectivity index (χ3v) is 5.40. The number of amides is 2. The van der Waals surface area contributed by atoms with Gasteiger partial charge >= 0.3 is 0 Å². The molecule has 33 heavy (non-hydrogen) atoms. The molecule has 0 atom stereocenters. The predicted molar refractivity (Wildman–Crippen MR) is 123 cm³/mol. The van der Waals surface area contributed by atoms with Crippen LogP contribution in [0, 0.1) is 28.4 Å². The quantitative estimate of drug-likeness (QED) is 0.332. The molecule has 0 radical (unpaired) electrons. The van der Waals surface area contributed by atoms with Crippen molar-refractivity contribution in [2.45, 2.75) is 6.92 Å². The van der Waals surface area contributed by atoms with Crippen LogP contribution in [-0.4, -0.2) is 16.7 Å². The fourth-order valence-electron chi connectivity index (χ4n) is 3.45.